The van der Waals surface area contributed by atoms with E-state index in [0.29, 0.717) is 25.7 Å². The van der Waals surface area contributed by atoms with Gasteiger partial charge in [0.05, 0.1) is 24.9 Å². The molecular weight excluding hydrogens is 660 g/mol. The number of carbonyl (C=O) groups is 1. The van der Waals surface area contributed by atoms with Crippen molar-refractivity contribution < 1.29 is 74.4 Å². The van der Waals surface area contributed by atoms with E-state index < -0.39 is 85.6 Å². The number of cyclic esters (lactones) is 1. The highest BCUT2D eigenvalue weighted by atomic mass is 16.7. The van der Waals surface area contributed by atoms with Crippen LogP contribution in [0.3, 0.4) is 0 Å². The Kier molecular flexibility index (Phi) is 10.2. The maximum absolute atomic E-state index is 12.5. The minimum atomic E-state index is -1.76. The van der Waals surface area contributed by atoms with Gasteiger partial charge in [0.15, 0.2) is 12.6 Å². The average molecular weight is 715 g/mol. The zero-order chi connectivity index (χ0) is 35.7. The molecular formula is C35H54O15. The van der Waals surface area contributed by atoms with Crippen molar-refractivity contribution in [2.45, 2.75) is 138 Å². The van der Waals surface area contributed by atoms with Gasteiger partial charge in [-0.2, -0.15) is 0 Å². The van der Waals surface area contributed by atoms with Crippen molar-refractivity contribution in [3.05, 3.63) is 11.6 Å². The molecule has 0 bridgehead atoms. The van der Waals surface area contributed by atoms with Gasteiger partial charge < -0.3 is 69.6 Å². The summed E-state index contributed by atoms with van der Waals surface area (Å²) in [5.41, 5.74) is -0.743. The average Bonchev–Trinajstić information content (AvgIpc) is 3.66. The number of hydrogen-bond donors (Lipinski definition) is 9. The van der Waals surface area contributed by atoms with Crippen LogP contribution in [-0.2, 0) is 28.5 Å². The minimum absolute atomic E-state index is 0.00956. The summed E-state index contributed by atoms with van der Waals surface area (Å²) in [6.45, 7) is 1.10. The van der Waals surface area contributed by atoms with Crippen molar-refractivity contribution in [3.8, 4) is 0 Å². The first-order valence-electron chi connectivity index (χ1n) is 18.3. The molecule has 2 saturated heterocycles. The number of fused-ring (bicyclic) bond motifs is 5. The van der Waals surface area contributed by atoms with E-state index in [1.54, 1.807) is 6.08 Å². The highest BCUT2D eigenvalue weighted by molar-refractivity contribution is 5.85. The molecule has 15 heteroatoms. The van der Waals surface area contributed by atoms with E-state index in [1.807, 2.05) is 0 Å². The van der Waals surface area contributed by atoms with Crippen molar-refractivity contribution >= 4 is 5.97 Å². The Morgan fingerprint density at radius 2 is 1.48 bits per heavy atom. The SMILES string of the molecule is C[C@]12CC[C@H]3[C@@H](CC[C@@H]4C[C@@H](O[C@@H]5O[C@H](CO)[C@@H](O[C@@H]6O[C@H](CO)[C@@H](O)[C@H](O)[C@H]6O)[C@H](O)[C@H]5O)CC[C@@]43CO)[C@@]1(O)CC[C@@H]2C1=CC(=O)OC1. The van der Waals surface area contributed by atoms with Crippen molar-refractivity contribution in [3.63, 3.8) is 0 Å². The highest BCUT2D eigenvalue weighted by Gasteiger charge is 2.68. The zero-order valence-electron chi connectivity index (χ0n) is 28.4. The molecule has 3 heterocycles. The summed E-state index contributed by atoms with van der Waals surface area (Å²) in [4.78, 5) is 11.9. The first kappa shape index (κ1) is 37.0. The van der Waals surface area contributed by atoms with Crippen LogP contribution in [0.1, 0.15) is 64.7 Å². The van der Waals surface area contributed by atoms with Crippen LogP contribution in [0.2, 0.25) is 0 Å². The van der Waals surface area contributed by atoms with Crippen molar-refractivity contribution in [2.75, 3.05) is 26.4 Å². The molecule has 7 rings (SSSR count). The summed E-state index contributed by atoms with van der Waals surface area (Å²) < 4.78 is 28.5. The van der Waals surface area contributed by atoms with Gasteiger partial charge in [-0.3, -0.25) is 0 Å². The van der Waals surface area contributed by atoms with Gasteiger partial charge in [-0.05, 0) is 92.4 Å². The second-order valence-corrected chi connectivity index (χ2v) is 16.2. The number of ether oxygens (including phenoxy) is 5. The monoisotopic (exact) mass is 714 g/mol. The van der Waals surface area contributed by atoms with Crippen LogP contribution in [0.4, 0.5) is 0 Å². The standard InChI is InChI=1S/C35H54O15/c1-33-7-5-20-21(35(33,45)9-6-19(33)16-10-24(39)46-14-16)3-2-17-11-18(4-8-34(17,20)15-38)47-31-29(44)27(42)30(23(13-37)49-31)50-32-28(43)26(41)25(40)22(12-36)48-32/h10,17-23,25-32,36-38,40-45H,2-9,11-15H2,1H3/t17-,18+,19-,20+,21-,22-,23-,25-,26+,27-,28-,29-,30-,31-,32+,33-,34-,35+/m1/s1. The van der Waals surface area contributed by atoms with Crippen molar-refractivity contribution in [1.82, 2.24) is 0 Å². The van der Waals surface area contributed by atoms with Crippen LogP contribution in [-0.4, -0.2) is 151 Å². The van der Waals surface area contributed by atoms with E-state index in [0.717, 1.165) is 37.7 Å². The van der Waals surface area contributed by atoms with Crippen molar-refractivity contribution in [2.24, 2.45) is 34.5 Å². The number of esters is 1. The van der Waals surface area contributed by atoms with Crippen LogP contribution < -0.4 is 0 Å². The number of carbonyl (C=O) groups excluding carboxylic acids is 1. The van der Waals surface area contributed by atoms with Crippen LogP contribution in [0.5, 0.6) is 0 Å². The Hall–Kier alpha value is -1.31. The molecule has 3 aliphatic heterocycles. The Balaban J connectivity index is 1.01. The predicted octanol–water partition coefficient (Wildman–Crippen LogP) is -1.77. The van der Waals surface area contributed by atoms with E-state index in [-0.39, 0.29) is 54.4 Å². The largest absolute Gasteiger partial charge is 0.458 e. The fraction of sp³-hybridized carbons (Fsp3) is 0.914. The summed E-state index contributed by atoms with van der Waals surface area (Å²) in [5, 5.41) is 96.0. The van der Waals surface area contributed by atoms with Crippen LogP contribution in [0.15, 0.2) is 11.6 Å². The van der Waals surface area contributed by atoms with Gasteiger partial charge in [-0.15, -0.1) is 0 Å². The Morgan fingerprint density at radius 3 is 2.16 bits per heavy atom. The Bertz CT molecular complexity index is 1280. The molecule has 18 atom stereocenters. The van der Waals surface area contributed by atoms with Gasteiger partial charge >= 0.3 is 5.97 Å². The summed E-state index contributed by atoms with van der Waals surface area (Å²) >= 11 is 0. The van der Waals surface area contributed by atoms with Gasteiger partial charge in [0, 0.05) is 18.1 Å². The molecule has 4 aliphatic carbocycles. The minimum Gasteiger partial charge on any atom is -0.458 e. The Labute approximate surface area is 290 Å². The maximum Gasteiger partial charge on any atom is 0.331 e. The summed E-state index contributed by atoms with van der Waals surface area (Å²) in [7, 11) is 0. The number of hydrogen-bond acceptors (Lipinski definition) is 15. The summed E-state index contributed by atoms with van der Waals surface area (Å²) in [6.07, 6.45) is -7.59. The second-order valence-electron chi connectivity index (χ2n) is 16.2. The van der Waals surface area contributed by atoms with E-state index in [4.69, 9.17) is 23.7 Å². The van der Waals surface area contributed by atoms with Gasteiger partial charge in [0.25, 0.3) is 0 Å². The molecule has 0 spiro atoms. The summed E-state index contributed by atoms with van der Waals surface area (Å²) in [6, 6.07) is 0. The van der Waals surface area contributed by atoms with Crippen LogP contribution in [0.25, 0.3) is 0 Å². The van der Waals surface area contributed by atoms with Gasteiger partial charge in [0.1, 0.15) is 55.4 Å². The molecule has 0 aromatic carbocycles. The highest BCUT2D eigenvalue weighted by Crippen LogP contribution is 2.70. The normalized spacial score (nSPS) is 53.6. The lowest BCUT2D eigenvalue weighted by Gasteiger charge is -2.64. The van der Waals surface area contributed by atoms with Gasteiger partial charge in [-0.1, -0.05) is 6.92 Å². The maximum atomic E-state index is 12.5. The third-order valence-corrected chi connectivity index (χ3v) is 14.2. The molecule has 0 aromatic heterocycles. The third-order valence-electron chi connectivity index (χ3n) is 14.2. The van der Waals surface area contributed by atoms with Crippen LogP contribution >= 0.6 is 0 Å². The lowest BCUT2D eigenvalue weighted by molar-refractivity contribution is -0.364. The fourth-order valence-electron chi connectivity index (χ4n) is 11.5. The summed E-state index contributed by atoms with van der Waals surface area (Å²) in [5.74, 6) is -0.0377. The molecule has 15 nitrogen and oxygen atoms in total. The predicted molar refractivity (Wildman–Crippen MR) is 168 cm³/mol. The van der Waals surface area contributed by atoms with Gasteiger partial charge in [-0.25, -0.2) is 4.79 Å². The van der Waals surface area contributed by atoms with E-state index >= 15 is 0 Å². The second kappa shape index (κ2) is 13.8. The fourth-order valence-corrected chi connectivity index (χ4v) is 11.5. The Morgan fingerprint density at radius 1 is 0.780 bits per heavy atom. The molecule has 4 saturated carbocycles. The van der Waals surface area contributed by atoms with E-state index in [2.05, 4.69) is 6.92 Å². The smallest absolute Gasteiger partial charge is 0.331 e. The topological polar surface area (TPSA) is 245 Å². The molecule has 0 aromatic rings. The number of aliphatic hydroxyl groups excluding tert-OH is 8. The molecule has 0 radical (unpaired) electrons. The molecule has 0 unspecified atom stereocenters. The number of aliphatic hydroxyl groups is 9. The zero-order valence-corrected chi connectivity index (χ0v) is 28.4. The van der Waals surface area contributed by atoms with Crippen LogP contribution in [0, 0.1) is 34.5 Å². The number of rotatable bonds is 8. The molecule has 7 aliphatic rings. The molecule has 0 amide bonds. The molecule has 6 fully saturated rings. The van der Waals surface area contributed by atoms with Gasteiger partial charge in [0.2, 0.25) is 0 Å². The lowest BCUT2D eigenvalue weighted by Crippen LogP contribution is -2.65. The quantitative estimate of drug-likeness (QED) is 0.0998. The lowest BCUT2D eigenvalue weighted by atomic mass is 9.43. The third kappa shape index (κ3) is 5.71. The van der Waals surface area contributed by atoms with Crippen molar-refractivity contribution in [1.29, 1.82) is 0 Å². The molecule has 284 valence electrons. The van der Waals surface area contributed by atoms with E-state index in [1.165, 1.54) is 0 Å². The molecule has 9 N–H and O–H groups in total. The van der Waals surface area contributed by atoms with E-state index in [9.17, 15) is 50.8 Å². The molecule has 50 heavy (non-hydrogen) atoms. The first-order valence-corrected chi connectivity index (χ1v) is 18.3. The first-order chi connectivity index (χ1) is 23.8.